The Morgan fingerprint density at radius 2 is 2.00 bits per heavy atom. The van der Waals surface area contributed by atoms with Crippen molar-refractivity contribution in [1.82, 2.24) is 9.88 Å². The van der Waals surface area contributed by atoms with Gasteiger partial charge in [0.2, 0.25) is 0 Å². The Bertz CT molecular complexity index is 766. The molecule has 5 nitrogen and oxygen atoms in total. The molecule has 3 heterocycles. The predicted molar refractivity (Wildman–Crippen MR) is 89.7 cm³/mol. The van der Waals surface area contributed by atoms with Crippen LogP contribution in [0.15, 0.2) is 36.7 Å². The third kappa shape index (κ3) is 2.69. The summed E-state index contributed by atoms with van der Waals surface area (Å²) in [5.74, 6) is 1.02. The second-order valence-corrected chi connectivity index (χ2v) is 6.33. The van der Waals surface area contributed by atoms with Crippen LogP contribution in [0.5, 0.6) is 11.5 Å². The first-order valence-corrected chi connectivity index (χ1v) is 8.42. The highest BCUT2D eigenvalue weighted by Gasteiger charge is 2.31. The van der Waals surface area contributed by atoms with Crippen LogP contribution >= 0.6 is 11.6 Å². The van der Waals surface area contributed by atoms with Crippen molar-refractivity contribution in [2.24, 2.45) is 0 Å². The van der Waals surface area contributed by atoms with Crippen LogP contribution in [0.3, 0.4) is 0 Å². The lowest BCUT2D eigenvalue weighted by Gasteiger charge is -2.26. The van der Waals surface area contributed by atoms with E-state index < -0.39 is 0 Å². The summed E-state index contributed by atoms with van der Waals surface area (Å²) in [5, 5.41) is 0.412. The van der Waals surface area contributed by atoms with Crippen LogP contribution in [0.4, 0.5) is 0 Å². The van der Waals surface area contributed by atoms with Crippen LogP contribution in [0.25, 0.3) is 0 Å². The number of rotatable bonds is 2. The van der Waals surface area contributed by atoms with E-state index in [1.165, 1.54) is 0 Å². The summed E-state index contributed by atoms with van der Waals surface area (Å²) in [7, 11) is 0. The summed E-state index contributed by atoms with van der Waals surface area (Å²) in [6, 6.07) is 7.40. The van der Waals surface area contributed by atoms with E-state index in [4.69, 9.17) is 21.1 Å². The maximum absolute atomic E-state index is 13.0. The second-order valence-electron chi connectivity index (χ2n) is 5.92. The zero-order valence-electron chi connectivity index (χ0n) is 13.1. The molecular weight excluding hydrogens is 328 g/mol. The highest BCUT2D eigenvalue weighted by atomic mass is 35.5. The van der Waals surface area contributed by atoms with E-state index in [1.54, 1.807) is 24.5 Å². The van der Waals surface area contributed by atoms with Gasteiger partial charge < -0.3 is 14.4 Å². The van der Waals surface area contributed by atoms with E-state index in [0.29, 0.717) is 35.3 Å². The minimum atomic E-state index is -0.0341. The summed E-state index contributed by atoms with van der Waals surface area (Å²) in [6.07, 6.45) is 5.46. The molecule has 2 aliphatic rings. The summed E-state index contributed by atoms with van der Waals surface area (Å²) in [6.45, 7) is 1.67. The molecule has 0 spiro atoms. The van der Waals surface area contributed by atoms with Crippen LogP contribution in [0.1, 0.15) is 34.8 Å². The van der Waals surface area contributed by atoms with Gasteiger partial charge in [-0.1, -0.05) is 11.6 Å². The summed E-state index contributed by atoms with van der Waals surface area (Å²) < 4.78 is 11.1. The molecule has 0 unspecified atom stereocenters. The Morgan fingerprint density at radius 3 is 2.83 bits per heavy atom. The monoisotopic (exact) mass is 344 g/mol. The van der Waals surface area contributed by atoms with E-state index in [0.717, 1.165) is 24.9 Å². The third-order valence-corrected chi connectivity index (χ3v) is 4.73. The van der Waals surface area contributed by atoms with E-state index in [9.17, 15) is 4.79 Å². The van der Waals surface area contributed by atoms with Gasteiger partial charge in [-0.15, -0.1) is 0 Å². The smallest absolute Gasteiger partial charge is 0.254 e. The molecule has 1 aromatic carbocycles. The molecule has 0 bridgehead atoms. The molecule has 0 N–H and O–H groups in total. The number of amides is 1. The number of halogens is 1. The molecule has 1 amide bonds. The van der Waals surface area contributed by atoms with Crippen molar-refractivity contribution in [2.45, 2.75) is 18.9 Å². The number of fused-ring (bicyclic) bond motifs is 1. The molecule has 1 fully saturated rings. The quantitative estimate of drug-likeness (QED) is 0.837. The van der Waals surface area contributed by atoms with Crippen LogP contribution in [0, 0.1) is 0 Å². The first-order chi connectivity index (χ1) is 11.7. The lowest BCUT2D eigenvalue weighted by molar-refractivity contribution is 0.0734. The first-order valence-electron chi connectivity index (χ1n) is 8.04. The molecule has 1 saturated heterocycles. The molecular formula is C18H17ClN2O3. The lowest BCUT2D eigenvalue weighted by Crippen LogP contribution is -2.30. The van der Waals surface area contributed by atoms with Crippen molar-refractivity contribution < 1.29 is 14.3 Å². The van der Waals surface area contributed by atoms with Crippen molar-refractivity contribution in [2.75, 3.05) is 19.8 Å². The van der Waals surface area contributed by atoms with Gasteiger partial charge in [0, 0.05) is 24.5 Å². The lowest BCUT2D eigenvalue weighted by atomic mass is 10.1. The fraction of sp³-hybridized carbons (Fsp3) is 0.333. The SMILES string of the molecule is O=C(c1cc(Cl)c2c(c1)OCCO2)N1CCC[C@H]1c1ccncc1. The Hall–Kier alpha value is -2.27. The molecule has 2 aliphatic heterocycles. The third-order valence-electron chi connectivity index (χ3n) is 4.45. The molecule has 1 aromatic heterocycles. The first kappa shape index (κ1) is 15.3. The van der Waals surface area contributed by atoms with Gasteiger partial charge in [-0.05, 0) is 42.7 Å². The van der Waals surface area contributed by atoms with Gasteiger partial charge in [0.05, 0.1) is 11.1 Å². The topological polar surface area (TPSA) is 51.7 Å². The molecule has 4 rings (SSSR count). The number of carbonyl (C=O) groups excluding carboxylic acids is 1. The molecule has 0 radical (unpaired) electrons. The Kier molecular flexibility index (Phi) is 4.02. The predicted octanol–water partition coefficient (Wildman–Crippen LogP) is 3.48. The van der Waals surface area contributed by atoms with Crippen LogP contribution in [-0.4, -0.2) is 35.5 Å². The summed E-state index contributed by atoms with van der Waals surface area (Å²) in [5.41, 5.74) is 1.64. The maximum atomic E-state index is 13.0. The molecule has 0 aliphatic carbocycles. The van der Waals surface area contributed by atoms with Crippen LogP contribution in [-0.2, 0) is 0 Å². The van der Waals surface area contributed by atoms with E-state index in [2.05, 4.69) is 4.98 Å². The van der Waals surface area contributed by atoms with Crippen molar-refractivity contribution in [3.05, 3.63) is 52.8 Å². The van der Waals surface area contributed by atoms with Gasteiger partial charge in [0.1, 0.15) is 13.2 Å². The fourth-order valence-corrected chi connectivity index (χ4v) is 3.61. The van der Waals surface area contributed by atoms with E-state index >= 15 is 0 Å². The summed E-state index contributed by atoms with van der Waals surface area (Å²) >= 11 is 6.27. The van der Waals surface area contributed by atoms with Gasteiger partial charge in [0.15, 0.2) is 11.5 Å². The minimum Gasteiger partial charge on any atom is -0.486 e. The van der Waals surface area contributed by atoms with Crippen molar-refractivity contribution in [1.29, 1.82) is 0 Å². The minimum absolute atomic E-state index is 0.0341. The zero-order chi connectivity index (χ0) is 16.5. The van der Waals surface area contributed by atoms with E-state index in [1.807, 2.05) is 17.0 Å². The number of hydrogen-bond acceptors (Lipinski definition) is 4. The van der Waals surface area contributed by atoms with Crippen LogP contribution in [0.2, 0.25) is 5.02 Å². The van der Waals surface area contributed by atoms with Crippen molar-refractivity contribution >= 4 is 17.5 Å². The molecule has 24 heavy (non-hydrogen) atoms. The Balaban J connectivity index is 1.65. The van der Waals surface area contributed by atoms with E-state index in [-0.39, 0.29) is 11.9 Å². The average molecular weight is 345 g/mol. The number of likely N-dealkylation sites (tertiary alicyclic amines) is 1. The van der Waals surface area contributed by atoms with Gasteiger partial charge in [-0.3, -0.25) is 9.78 Å². The number of aromatic nitrogens is 1. The zero-order valence-corrected chi connectivity index (χ0v) is 13.8. The normalized spacial score (nSPS) is 19.4. The van der Waals surface area contributed by atoms with Crippen LogP contribution < -0.4 is 9.47 Å². The summed E-state index contributed by atoms with van der Waals surface area (Å²) in [4.78, 5) is 19.0. The average Bonchev–Trinajstić information content (AvgIpc) is 3.11. The Labute approximate surface area is 145 Å². The Morgan fingerprint density at radius 1 is 1.21 bits per heavy atom. The number of nitrogens with zero attached hydrogens (tertiary/aromatic N) is 2. The standard InChI is InChI=1S/C18H17ClN2O3/c19-14-10-13(11-16-17(14)24-9-8-23-16)18(22)21-7-1-2-15(21)12-3-5-20-6-4-12/h3-6,10-11,15H,1-2,7-9H2/t15-/m0/s1. The van der Waals surface area contributed by atoms with Gasteiger partial charge in [0.25, 0.3) is 5.91 Å². The van der Waals surface area contributed by atoms with Crippen molar-refractivity contribution in [3.8, 4) is 11.5 Å². The van der Waals surface area contributed by atoms with Gasteiger partial charge in [-0.2, -0.15) is 0 Å². The highest BCUT2D eigenvalue weighted by molar-refractivity contribution is 6.32. The van der Waals surface area contributed by atoms with Crippen molar-refractivity contribution in [3.63, 3.8) is 0 Å². The molecule has 124 valence electrons. The molecule has 0 saturated carbocycles. The maximum Gasteiger partial charge on any atom is 0.254 e. The second kappa shape index (κ2) is 6.32. The van der Waals surface area contributed by atoms with Gasteiger partial charge >= 0.3 is 0 Å². The number of ether oxygens (including phenoxy) is 2. The molecule has 2 aromatic rings. The highest BCUT2D eigenvalue weighted by Crippen LogP contribution is 2.40. The number of carbonyl (C=O) groups is 1. The largest absolute Gasteiger partial charge is 0.486 e. The number of benzene rings is 1. The fourth-order valence-electron chi connectivity index (χ4n) is 3.34. The molecule has 6 heteroatoms. The number of hydrogen-bond donors (Lipinski definition) is 0. The van der Waals surface area contributed by atoms with Gasteiger partial charge in [-0.25, -0.2) is 0 Å². The molecule has 1 atom stereocenters. The number of pyridine rings is 1.